The van der Waals surface area contributed by atoms with Gasteiger partial charge in [0.2, 0.25) is 16.7 Å². The summed E-state index contributed by atoms with van der Waals surface area (Å²) < 4.78 is 18.7. The van der Waals surface area contributed by atoms with Gasteiger partial charge in [-0.15, -0.1) is 16.4 Å². The van der Waals surface area contributed by atoms with Crippen molar-refractivity contribution in [1.29, 1.82) is 0 Å². The number of rotatable bonds is 4. The summed E-state index contributed by atoms with van der Waals surface area (Å²) in [4.78, 5) is 9.63. The Balaban J connectivity index is 1.35. The van der Waals surface area contributed by atoms with Gasteiger partial charge in [-0.2, -0.15) is 9.50 Å². The van der Waals surface area contributed by atoms with Crippen molar-refractivity contribution in [2.45, 2.75) is 24.7 Å². The molecule has 0 saturated carbocycles. The summed E-state index contributed by atoms with van der Waals surface area (Å²) in [5.74, 6) is 0.755. The van der Waals surface area contributed by atoms with Crippen LogP contribution in [0.25, 0.3) is 16.5 Å². The van der Waals surface area contributed by atoms with Gasteiger partial charge in [0.1, 0.15) is 0 Å². The highest BCUT2D eigenvalue weighted by Gasteiger charge is 2.42. The van der Waals surface area contributed by atoms with Gasteiger partial charge < -0.3 is 19.0 Å². The normalized spacial score (nSPS) is 20.4. The largest absolute Gasteiger partial charge is 0.492 e. The summed E-state index contributed by atoms with van der Waals surface area (Å²) >= 11 is 3.16. The van der Waals surface area contributed by atoms with Crippen LogP contribution < -0.4 is 0 Å². The molecule has 0 amide bonds. The lowest BCUT2D eigenvalue weighted by Crippen LogP contribution is -2.46. The van der Waals surface area contributed by atoms with E-state index in [9.17, 15) is 5.11 Å². The second-order valence-corrected chi connectivity index (χ2v) is 9.45. The highest BCUT2D eigenvalue weighted by molar-refractivity contribution is 7.17. The van der Waals surface area contributed by atoms with Crippen molar-refractivity contribution < 1.29 is 19.0 Å². The summed E-state index contributed by atoms with van der Waals surface area (Å²) in [6.07, 6.45) is 3.22. The highest BCUT2D eigenvalue weighted by Crippen LogP contribution is 2.44. The molecule has 6 heterocycles. The molecule has 6 rings (SSSR count). The van der Waals surface area contributed by atoms with Gasteiger partial charge >= 0.3 is 0 Å². The minimum atomic E-state index is -0.429. The van der Waals surface area contributed by atoms with E-state index in [-0.39, 0.29) is 11.9 Å². The highest BCUT2D eigenvalue weighted by atomic mass is 32.1. The topological polar surface area (TPSA) is 85.3 Å². The zero-order valence-electron chi connectivity index (χ0n) is 16.1. The van der Waals surface area contributed by atoms with E-state index < -0.39 is 5.79 Å². The van der Waals surface area contributed by atoms with Gasteiger partial charge in [0.05, 0.1) is 30.4 Å². The molecule has 2 aliphatic rings. The van der Waals surface area contributed by atoms with Crippen molar-refractivity contribution in [2.75, 3.05) is 26.3 Å². The minimum absolute atomic E-state index is 0.0516. The van der Waals surface area contributed by atoms with E-state index in [1.165, 1.54) is 20.7 Å². The van der Waals surface area contributed by atoms with Crippen LogP contribution in [0.4, 0.5) is 0 Å². The lowest BCUT2D eigenvalue weighted by molar-refractivity contribution is -0.187. The molecule has 1 N–H and O–H groups in total. The average Bonchev–Trinajstić information content (AvgIpc) is 3.56. The fraction of sp³-hybridized carbons (Fsp3) is 0.400. The zero-order valence-corrected chi connectivity index (χ0v) is 17.7. The van der Waals surface area contributed by atoms with E-state index in [1.54, 1.807) is 23.7 Å². The average molecular weight is 445 g/mol. The molecule has 0 aromatic carbocycles. The maximum absolute atomic E-state index is 11.1. The fourth-order valence-electron chi connectivity index (χ4n) is 4.27. The molecule has 10 heteroatoms. The number of fused-ring (bicyclic) bond motifs is 1. The van der Waals surface area contributed by atoms with Crippen LogP contribution in [0.5, 0.6) is 5.88 Å². The van der Waals surface area contributed by atoms with E-state index in [0.29, 0.717) is 29.8 Å². The van der Waals surface area contributed by atoms with Crippen LogP contribution in [0.1, 0.15) is 28.6 Å². The van der Waals surface area contributed by atoms with Crippen molar-refractivity contribution in [1.82, 2.24) is 19.5 Å². The first-order valence-corrected chi connectivity index (χ1v) is 11.6. The first-order chi connectivity index (χ1) is 14.7. The van der Waals surface area contributed by atoms with Crippen molar-refractivity contribution in [3.63, 3.8) is 0 Å². The molecule has 0 unspecified atom stereocenters. The van der Waals surface area contributed by atoms with Gasteiger partial charge in [-0.05, 0) is 23.6 Å². The number of furan rings is 1. The number of hydrogen-bond acceptors (Lipinski definition) is 9. The third-order valence-electron chi connectivity index (χ3n) is 5.74. The lowest BCUT2D eigenvalue weighted by atomic mass is 10.0. The summed E-state index contributed by atoms with van der Waals surface area (Å²) in [5.41, 5.74) is 0. The SMILES string of the molecule is Oc1c([C@H](c2cccs2)N2CCC3(CC2)OCCO3)sc2nc(-c3ccco3)nn12. The predicted octanol–water partition coefficient (Wildman–Crippen LogP) is 3.75. The molecule has 0 bridgehead atoms. The van der Waals surface area contributed by atoms with Crippen molar-refractivity contribution in [3.8, 4) is 17.5 Å². The van der Waals surface area contributed by atoms with Crippen LogP contribution in [0, 0.1) is 0 Å². The second-order valence-electron chi connectivity index (χ2n) is 7.46. The number of aromatic nitrogens is 3. The molecule has 1 spiro atoms. The van der Waals surface area contributed by atoms with E-state index in [1.807, 2.05) is 12.1 Å². The van der Waals surface area contributed by atoms with Gasteiger partial charge in [0.25, 0.3) is 0 Å². The molecule has 30 heavy (non-hydrogen) atoms. The summed E-state index contributed by atoms with van der Waals surface area (Å²) in [6, 6.07) is 7.71. The Hall–Kier alpha value is -2.24. The maximum Gasteiger partial charge on any atom is 0.230 e. The number of nitrogens with zero attached hydrogens (tertiary/aromatic N) is 4. The first-order valence-electron chi connectivity index (χ1n) is 9.90. The second kappa shape index (κ2) is 7.17. The predicted molar refractivity (Wildman–Crippen MR) is 112 cm³/mol. The zero-order chi connectivity index (χ0) is 20.1. The monoisotopic (exact) mass is 444 g/mol. The Morgan fingerprint density at radius 2 is 1.97 bits per heavy atom. The quantitative estimate of drug-likeness (QED) is 0.513. The Labute approximate surface area is 180 Å². The summed E-state index contributed by atoms with van der Waals surface area (Å²) in [7, 11) is 0. The van der Waals surface area contributed by atoms with E-state index >= 15 is 0 Å². The Kier molecular flexibility index (Phi) is 4.43. The first kappa shape index (κ1) is 18.5. The number of hydrogen-bond donors (Lipinski definition) is 1. The molecule has 8 nitrogen and oxygen atoms in total. The van der Waals surface area contributed by atoms with Crippen molar-refractivity contribution >= 4 is 27.6 Å². The molecule has 1 atom stereocenters. The number of piperidine rings is 1. The van der Waals surface area contributed by atoms with Crippen LogP contribution in [0.2, 0.25) is 0 Å². The van der Waals surface area contributed by atoms with Gasteiger partial charge in [-0.1, -0.05) is 17.4 Å². The van der Waals surface area contributed by atoms with Gasteiger partial charge in [-0.3, -0.25) is 4.90 Å². The third-order valence-corrected chi connectivity index (χ3v) is 7.74. The third kappa shape index (κ3) is 2.98. The van der Waals surface area contributed by atoms with Gasteiger partial charge in [-0.25, -0.2) is 0 Å². The Bertz CT molecular complexity index is 1140. The molecule has 4 aromatic heterocycles. The van der Waals surface area contributed by atoms with Crippen molar-refractivity contribution in [2.24, 2.45) is 0 Å². The van der Waals surface area contributed by atoms with Crippen LogP contribution in [0.3, 0.4) is 0 Å². The van der Waals surface area contributed by atoms with Crippen LogP contribution >= 0.6 is 22.7 Å². The van der Waals surface area contributed by atoms with E-state index in [4.69, 9.17) is 13.9 Å². The summed E-state index contributed by atoms with van der Waals surface area (Å²) in [6.45, 7) is 2.99. The molecule has 156 valence electrons. The van der Waals surface area contributed by atoms with E-state index in [0.717, 1.165) is 30.8 Å². The Morgan fingerprint density at radius 1 is 1.13 bits per heavy atom. The standard InChI is InChI=1S/C20H20N4O4S2/c25-18-16(30-19-21-17(22-24(18)19)13-3-1-9-26-13)15(14-4-2-12-29-14)23-7-5-20(6-8-23)27-10-11-28-20/h1-4,9,12,15,25H,5-8,10-11H2/t15-/m0/s1. The Morgan fingerprint density at radius 3 is 2.63 bits per heavy atom. The number of likely N-dealkylation sites (tertiary alicyclic amines) is 1. The molecule has 0 aliphatic carbocycles. The molecular formula is C20H20N4O4S2. The molecule has 4 aromatic rings. The van der Waals surface area contributed by atoms with E-state index in [2.05, 4.69) is 26.4 Å². The van der Waals surface area contributed by atoms with Gasteiger partial charge in [0, 0.05) is 30.8 Å². The lowest BCUT2D eigenvalue weighted by Gasteiger charge is -2.40. The molecule has 2 fully saturated rings. The number of thiazole rings is 1. The fourth-order valence-corrected chi connectivity index (χ4v) is 6.32. The molecular weight excluding hydrogens is 424 g/mol. The minimum Gasteiger partial charge on any atom is -0.492 e. The smallest absolute Gasteiger partial charge is 0.230 e. The number of thiophene rings is 1. The molecule has 2 saturated heterocycles. The van der Waals surface area contributed by atoms with Crippen molar-refractivity contribution in [3.05, 3.63) is 45.7 Å². The van der Waals surface area contributed by atoms with Gasteiger partial charge in [0.15, 0.2) is 11.5 Å². The molecule has 2 aliphatic heterocycles. The van der Waals surface area contributed by atoms with Crippen LogP contribution in [-0.4, -0.2) is 56.7 Å². The molecule has 0 radical (unpaired) electrons. The number of ether oxygens (including phenoxy) is 2. The number of aromatic hydroxyl groups is 1. The summed E-state index contributed by atoms with van der Waals surface area (Å²) in [5, 5.41) is 17.6. The van der Waals surface area contributed by atoms with Crippen LogP contribution in [-0.2, 0) is 9.47 Å². The van der Waals surface area contributed by atoms with Crippen LogP contribution in [0.15, 0.2) is 40.3 Å². The maximum atomic E-state index is 11.1.